The van der Waals surface area contributed by atoms with Gasteiger partial charge in [-0.2, -0.15) is 0 Å². The van der Waals surface area contributed by atoms with Crippen LogP contribution in [-0.2, 0) is 36.8 Å². The minimum atomic E-state index is -1.80. The van der Waals surface area contributed by atoms with E-state index in [1.807, 2.05) is 53.4 Å². The molecule has 0 unspecified atom stereocenters. The van der Waals surface area contributed by atoms with Gasteiger partial charge in [0.25, 0.3) is 0 Å². The van der Waals surface area contributed by atoms with Crippen LogP contribution >= 0.6 is 0 Å². The van der Waals surface area contributed by atoms with Crippen molar-refractivity contribution in [1.29, 1.82) is 0 Å². The van der Waals surface area contributed by atoms with Crippen LogP contribution in [0.1, 0.15) is 79.9 Å². The summed E-state index contributed by atoms with van der Waals surface area (Å²) in [5.41, 5.74) is -0.929. The highest BCUT2D eigenvalue weighted by Crippen LogP contribution is 2.34. The van der Waals surface area contributed by atoms with E-state index < -0.39 is 96.1 Å². The number of rotatable bonds is 11. The molecule has 1 saturated carbocycles. The van der Waals surface area contributed by atoms with E-state index in [0.717, 1.165) is 11.1 Å². The Balaban J connectivity index is 1.46. The van der Waals surface area contributed by atoms with Gasteiger partial charge in [-0.3, -0.25) is 4.90 Å². The first kappa shape index (κ1) is 46.6. The largest absolute Gasteiger partial charge is 0.454 e. The Morgan fingerprint density at radius 2 is 1.22 bits per heavy atom. The number of aliphatic hydroxyl groups is 4. The molecule has 3 amide bonds. The minimum Gasteiger partial charge on any atom is -0.454 e. The number of benzene rings is 2. The van der Waals surface area contributed by atoms with Gasteiger partial charge in [0.2, 0.25) is 6.79 Å². The summed E-state index contributed by atoms with van der Waals surface area (Å²) in [6, 6.07) is 11.4. The molecule has 3 aliphatic rings. The van der Waals surface area contributed by atoms with Gasteiger partial charge in [0.1, 0.15) is 59.5 Å². The Morgan fingerprint density at radius 3 is 1.82 bits per heavy atom. The van der Waals surface area contributed by atoms with Crippen molar-refractivity contribution in [1.82, 2.24) is 20.9 Å². The van der Waals surface area contributed by atoms with Gasteiger partial charge in [-0.25, -0.2) is 14.4 Å². The number of carbonyl (C=O) groups excluding carboxylic acids is 3. The van der Waals surface area contributed by atoms with E-state index in [1.165, 1.54) is 0 Å². The number of hydrogen-bond acceptors (Lipinski definition) is 15. The predicted octanol–water partition coefficient (Wildman–Crippen LogP) is 3.05. The first-order chi connectivity index (χ1) is 27.9. The van der Waals surface area contributed by atoms with Crippen LogP contribution in [0.15, 0.2) is 48.5 Å². The second-order valence-corrected chi connectivity index (χ2v) is 18.4. The monoisotopic (exact) mass is 846 g/mol. The number of aliphatic hydroxyl groups excluding tert-OH is 4. The van der Waals surface area contributed by atoms with Crippen molar-refractivity contribution in [2.75, 3.05) is 13.3 Å². The van der Waals surface area contributed by atoms with E-state index in [-0.39, 0.29) is 19.8 Å². The Bertz CT molecular complexity index is 1760. The van der Waals surface area contributed by atoms with Gasteiger partial charge in [0, 0.05) is 19.6 Å². The smallest absolute Gasteiger partial charge is 0.408 e. The van der Waals surface area contributed by atoms with E-state index in [9.17, 15) is 34.8 Å². The van der Waals surface area contributed by atoms with E-state index in [4.69, 9.17) is 33.2 Å². The number of fused-ring (bicyclic) bond motifs is 1. The standard InChI is InChI=1S/C42H62N4O14/c1-40(2,3)58-37(51)43-25-18-26(44-38(52)59-41(4,5)6)35(34(50)31(25)47)57-36-30(45-39(53)60-42(7,8)9)33(49)32(48)29(56-36)21-46(19-23-13-11-10-12-14-23)20-24-15-16-27-28(17-24)55-22-54-27/h10-17,25-26,29-36,47-50H,18-22H2,1-9H3,(H,43,51)(H,44,52)(H,45,53)/t25-,26+,29-,30-,31+,32-,33-,34-,35-,36-/m1/s1. The van der Waals surface area contributed by atoms with Crippen LogP contribution in [0.25, 0.3) is 0 Å². The molecule has 0 spiro atoms. The topological polar surface area (TPSA) is 236 Å². The van der Waals surface area contributed by atoms with E-state index in [1.54, 1.807) is 62.3 Å². The van der Waals surface area contributed by atoms with E-state index in [2.05, 4.69) is 16.0 Å². The molecule has 2 aromatic rings. The predicted molar refractivity (Wildman–Crippen MR) is 215 cm³/mol. The van der Waals surface area contributed by atoms with Gasteiger partial charge in [-0.05, 0) is 92.0 Å². The number of amides is 3. The molecule has 334 valence electrons. The highest BCUT2D eigenvalue weighted by Gasteiger charge is 2.52. The molecule has 2 fully saturated rings. The summed E-state index contributed by atoms with van der Waals surface area (Å²) in [5, 5.41) is 54.3. The van der Waals surface area contributed by atoms with E-state index >= 15 is 0 Å². The van der Waals surface area contributed by atoms with Gasteiger partial charge in [0.15, 0.2) is 17.8 Å². The number of carbonyl (C=O) groups is 3. The maximum atomic E-state index is 13.2. The average Bonchev–Trinajstić information content (AvgIpc) is 3.58. The zero-order valence-electron chi connectivity index (χ0n) is 35.7. The normalized spacial score (nSPS) is 28.1. The first-order valence-corrected chi connectivity index (χ1v) is 20.1. The van der Waals surface area contributed by atoms with Crippen LogP contribution in [0, 0.1) is 0 Å². The molecule has 0 aromatic heterocycles. The summed E-state index contributed by atoms with van der Waals surface area (Å²) < 4.78 is 40.3. The molecule has 0 radical (unpaired) electrons. The molecule has 7 N–H and O–H groups in total. The summed E-state index contributed by atoms with van der Waals surface area (Å²) >= 11 is 0. The molecule has 2 heterocycles. The summed E-state index contributed by atoms with van der Waals surface area (Å²) in [6.45, 7) is 15.8. The molecule has 18 heteroatoms. The molecule has 10 atom stereocenters. The molecule has 5 rings (SSSR count). The summed E-state index contributed by atoms with van der Waals surface area (Å²) in [6.07, 6.45) is -13.9. The molecule has 18 nitrogen and oxygen atoms in total. The van der Waals surface area contributed by atoms with Gasteiger partial charge >= 0.3 is 18.3 Å². The number of hydrogen-bond donors (Lipinski definition) is 7. The number of nitrogens with zero attached hydrogens (tertiary/aromatic N) is 1. The maximum absolute atomic E-state index is 13.2. The van der Waals surface area contributed by atoms with Gasteiger partial charge in [-0.1, -0.05) is 36.4 Å². The fourth-order valence-corrected chi connectivity index (χ4v) is 7.13. The van der Waals surface area contributed by atoms with Crippen LogP contribution < -0.4 is 25.4 Å². The SMILES string of the molecule is CC(C)(C)OC(=O)N[C@H]1[C@@H](O[C@H]2[C@H](O)[C@@H](O)[C@H](NC(=O)OC(C)(C)C)C[C@@H]2NC(=O)OC(C)(C)C)O[C@H](CN(Cc2ccccc2)Cc2ccc3c(c2)OCO3)[C@@H](O)[C@@H]1O. The minimum absolute atomic E-state index is 0.0257. The third-order valence-corrected chi connectivity index (χ3v) is 9.61. The Morgan fingerprint density at radius 1 is 0.667 bits per heavy atom. The van der Waals surface area contributed by atoms with Crippen molar-refractivity contribution in [3.05, 3.63) is 59.7 Å². The van der Waals surface area contributed by atoms with Gasteiger partial charge in [0.05, 0.1) is 12.1 Å². The highest BCUT2D eigenvalue weighted by atomic mass is 16.7. The number of nitrogens with one attached hydrogen (secondary N) is 3. The van der Waals surface area contributed by atoms with Crippen molar-refractivity contribution < 1.29 is 68.0 Å². The molecular weight excluding hydrogens is 784 g/mol. The van der Waals surface area contributed by atoms with Gasteiger partial charge < -0.3 is 69.5 Å². The molecule has 0 bridgehead atoms. The summed E-state index contributed by atoms with van der Waals surface area (Å²) in [5.74, 6) is 1.21. The molecule has 1 saturated heterocycles. The van der Waals surface area contributed by atoms with Crippen LogP contribution in [-0.4, -0.2) is 135 Å². The highest BCUT2D eigenvalue weighted by molar-refractivity contribution is 5.69. The summed E-state index contributed by atoms with van der Waals surface area (Å²) in [7, 11) is 0. The Kier molecular flexibility index (Phi) is 14.8. The molecular formula is C42H62N4O14. The third kappa shape index (κ3) is 13.3. The Hall–Kier alpha value is -4.43. The lowest BCUT2D eigenvalue weighted by Gasteiger charge is -2.48. The van der Waals surface area contributed by atoms with Crippen LogP contribution in [0.5, 0.6) is 11.5 Å². The van der Waals surface area contributed by atoms with Crippen molar-refractivity contribution in [2.45, 2.75) is 160 Å². The van der Waals surface area contributed by atoms with Crippen molar-refractivity contribution in [2.24, 2.45) is 0 Å². The van der Waals surface area contributed by atoms with Crippen molar-refractivity contribution in [3.63, 3.8) is 0 Å². The number of alkyl carbamates (subject to hydrolysis) is 3. The lowest BCUT2D eigenvalue weighted by atomic mass is 9.83. The zero-order valence-corrected chi connectivity index (χ0v) is 35.7. The van der Waals surface area contributed by atoms with E-state index in [0.29, 0.717) is 24.6 Å². The zero-order chi connectivity index (χ0) is 44.2. The quantitative estimate of drug-likeness (QED) is 0.161. The third-order valence-electron chi connectivity index (χ3n) is 9.61. The maximum Gasteiger partial charge on any atom is 0.408 e. The molecule has 1 aliphatic carbocycles. The Labute approximate surface area is 350 Å². The molecule has 60 heavy (non-hydrogen) atoms. The molecule has 2 aliphatic heterocycles. The summed E-state index contributed by atoms with van der Waals surface area (Å²) in [4.78, 5) is 41.2. The fraction of sp³-hybridized carbons (Fsp3) is 0.643. The second-order valence-electron chi connectivity index (χ2n) is 18.4. The second kappa shape index (κ2) is 19.1. The van der Waals surface area contributed by atoms with Gasteiger partial charge in [-0.15, -0.1) is 0 Å². The average molecular weight is 847 g/mol. The van der Waals surface area contributed by atoms with Crippen LogP contribution in [0.4, 0.5) is 14.4 Å². The number of ether oxygens (including phenoxy) is 7. The molecule has 2 aromatic carbocycles. The first-order valence-electron chi connectivity index (χ1n) is 20.1. The fourth-order valence-electron chi connectivity index (χ4n) is 7.13. The lowest BCUT2D eigenvalue weighted by Crippen LogP contribution is -2.70. The van der Waals surface area contributed by atoms with Crippen molar-refractivity contribution >= 4 is 18.3 Å². The van der Waals surface area contributed by atoms with Crippen LogP contribution in [0.3, 0.4) is 0 Å². The van der Waals surface area contributed by atoms with Crippen LogP contribution in [0.2, 0.25) is 0 Å². The van der Waals surface area contributed by atoms with Crippen molar-refractivity contribution in [3.8, 4) is 11.5 Å². The lowest BCUT2D eigenvalue weighted by molar-refractivity contribution is -0.296.